The van der Waals surface area contributed by atoms with E-state index < -0.39 is 0 Å². The second kappa shape index (κ2) is 3.25. The van der Waals surface area contributed by atoms with Crippen molar-refractivity contribution in [3.05, 3.63) is 22.2 Å². The molecule has 0 amide bonds. The molecule has 1 atom stereocenters. The van der Waals surface area contributed by atoms with Gasteiger partial charge in [0.1, 0.15) is 4.60 Å². The first-order chi connectivity index (χ1) is 6.16. The maximum absolute atomic E-state index is 13.1. The van der Waals surface area contributed by atoms with Crippen molar-refractivity contribution >= 4 is 21.6 Å². The number of halogens is 2. The molecular weight excluding hydrogens is 235 g/mol. The van der Waals surface area contributed by atoms with Crippen LogP contribution in [0.3, 0.4) is 0 Å². The highest BCUT2D eigenvalue weighted by molar-refractivity contribution is 9.10. The van der Waals surface area contributed by atoms with Crippen LogP contribution in [0, 0.1) is 11.7 Å². The first-order valence-corrected chi connectivity index (χ1v) is 5.05. The fourth-order valence-corrected chi connectivity index (χ4v) is 1.83. The maximum Gasteiger partial charge on any atom is 0.158 e. The molecule has 70 valence electrons. The summed E-state index contributed by atoms with van der Waals surface area (Å²) >= 11 is 3.08. The molecule has 2 heterocycles. The van der Waals surface area contributed by atoms with E-state index in [2.05, 4.69) is 33.2 Å². The first-order valence-electron chi connectivity index (χ1n) is 4.25. The molecule has 0 spiro atoms. The van der Waals surface area contributed by atoms with E-state index in [-0.39, 0.29) is 5.82 Å². The molecule has 0 saturated carbocycles. The Morgan fingerprint density at radius 2 is 2.46 bits per heavy atom. The summed E-state index contributed by atoms with van der Waals surface area (Å²) in [4.78, 5) is 4.14. The summed E-state index contributed by atoms with van der Waals surface area (Å²) in [5.41, 5.74) is 1.78. The highest BCUT2D eigenvalue weighted by Gasteiger charge is 2.17. The first kappa shape index (κ1) is 8.94. The summed E-state index contributed by atoms with van der Waals surface area (Å²) in [5.74, 6) is 0.262. The monoisotopic (exact) mass is 244 g/mol. The Bertz CT molecular complexity index is 341. The van der Waals surface area contributed by atoms with Crippen LogP contribution in [0.5, 0.6) is 0 Å². The van der Waals surface area contributed by atoms with Crippen LogP contribution >= 0.6 is 15.9 Å². The maximum atomic E-state index is 13.1. The minimum Gasteiger partial charge on any atom is -0.383 e. The van der Waals surface area contributed by atoms with Crippen molar-refractivity contribution in [1.82, 2.24) is 4.98 Å². The molecule has 2 nitrogen and oxygen atoms in total. The van der Waals surface area contributed by atoms with Crippen molar-refractivity contribution < 1.29 is 4.39 Å². The van der Waals surface area contributed by atoms with E-state index >= 15 is 0 Å². The van der Waals surface area contributed by atoms with Crippen molar-refractivity contribution in [2.75, 3.05) is 11.9 Å². The third-order valence-electron chi connectivity index (χ3n) is 2.19. The number of hydrogen-bond acceptors (Lipinski definition) is 2. The standard InChI is InChI=1S/C9H10BrFN2/c1-5-2-8-7(12-4-5)3-6(11)9(10)13-8/h3,5,12H,2,4H2,1H3. The van der Waals surface area contributed by atoms with Crippen LogP contribution < -0.4 is 5.32 Å². The fourth-order valence-electron chi connectivity index (χ4n) is 1.50. The quantitative estimate of drug-likeness (QED) is 0.710. The Hall–Kier alpha value is -0.640. The molecule has 1 N–H and O–H groups in total. The predicted octanol–water partition coefficient (Wildman–Crippen LogP) is 2.59. The van der Waals surface area contributed by atoms with Crippen LogP contribution in [0.1, 0.15) is 12.6 Å². The van der Waals surface area contributed by atoms with Crippen LogP contribution in [0.25, 0.3) is 0 Å². The summed E-state index contributed by atoms with van der Waals surface area (Å²) in [7, 11) is 0. The van der Waals surface area contributed by atoms with Crippen molar-refractivity contribution in [2.45, 2.75) is 13.3 Å². The molecule has 1 aliphatic heterocycles. The van der Waals surface area contributed by atoms with Crippen LogP contribution in [-0.2, 0) is 6.42 Å². The average Bonchev–Trinajstić information content (AvgIpc) is 2.08. The normalized spacial score (nSPS) is 20.7. The molecule has 1 unspecified atom stereocenters. The minimum atomic E-state index is -0.305. The zero-order valence-electron chi connectivity index (χ0n) is 7.27. The van der Waals surface area contributed by atoms with Gasteiger partial charge >= 0.3 is 0 Å². The number of nitrogens with one attached hydrogen (secondary N) is 1. The lowest BCUT2D eigenvalue weighted by molar-refractivity contribution is 0.567. The molecule has 1 aliphatic rings. The number of hydrogen-bond donors (Lipinski definition) is 1. The van der Waals surface area contributed by atoms with E-state index in [1.165, 1.54) is 6.07 Å². The van der Waals surface area contributed by atoms with E-state index in [0.29, 0.717) is 10.5 Å². The molecule has 1 aromatic heterocycles. The minimum absolute atomic E-state index is 0.305. The number of anilines is 1. The third-order valence-corrected chi connectivity index (χ3v) is 2.75. The topological polar surface area (TPSA) is 24.9 Å². The van der Waals surface area contributed by atoms with Gasteiger partial charge in [0.15, 0.2) is 5.82 Å². The lowest BCUT2D eigenvalue weighted by atomic mass is 10.00. The fraction of sp³-hybridized carbons (Fsp3) is 0.444. The number of aromatic nitrogens is 1. The Kier molecular flexibility index (Phi) is 2.24. The van der Waals surface area contributed by atoms with Gasteiger partial charge < -0.3 is 5.32 Å². The van der Waals surface area contributed by atoms with Crippen LogP contribution in [-0.4, -0.2) is 11.5 Å². The lowest BCUT2D eigenvalue weighted by Crippen LogP contribution is -2.21. The summed E-state index contributed by atoms with van der Waals surface area (Å²) in [6.45, 7) is 3.05. The van der Waals surface area contributed by atoms with E-state index in [9.17, 15) is 4.39 Å². The molecule has 0 aromatic carbocycles. The molecule has 0 fully saturated rings. The van der Waals surface area contributed by atoms with Gasteiger partial charge in [0, 0.05) is 12.6 Å². The molecule has 1 aromatic rings. The molecule has 13 heavy (non-hydrogen) atoms. The van der Waals surface area contributed by atoms with Crippen molar-refractivity contribution in [3.8, 4) is 0 Å². The van der Waals surface area contributed by atoms with Crippen molar-refractivity contribution in [2.24, 2.45) is 5.92 Å². The van der Waals surface area contributed by atoms with Crippen molar-refractivity contribution in [1.29, 1.82) is 0 Å². The smallest absolute Gasteiger partial charge is 0.158 e. The van der Waals surface area contributed by atoms with Gasteiger partial charge in [-0.25, -0.2) is 9.37 Å². The van der Waals surface area contributed by atoms with Gasteiger partial charge in [-0.3, -0.25) is 0 Å². The van der Waals surface area contributed by atoms with Crippen LogP contribution in [0.2, 0.25) is 0 Å². The van der Waals surface area contributed by atoms with E-state index in [1.807, 2.05) is 0 Å². The highest BCUT2D eigenvalue weighted by atomic mass is 79.9. The second-order valence-electron chi connectivity index (χ2n) is 3.45. The van der Waals surface area contributed by atoms with Gasteiger partial charge in [-0.05, 0) is 28.3 Å². The number of rotatable bonds is 0. The number of fused-ring (bicyclic) bond motifs is 1. The van der Waals surface area contributed by atoms with Gasteiger partial charge in [0.05, 0.1) is 11.4 Å². The van der Waals surface area contributed by atoms with Gasteiger partial charge in [-0.15, -0.1) is 0 Å². The predicted molar refractivity (Wildman–Crippen MR) is 53.3 cm³/mol. The zero-order valence-corrected chi connectivity index (χ0v) is 8.86. The second-order valence-corrected chi connectivity index (χ2v) is 4.20. The SMILES string of the molecule is CC1CNc2cc(F)c(Br)nc2C1. The Labute approximate surface area is 84.7 Å². The molecule has 2 rings (SSSR count). The van der Waals surface area contributed by atoms with Gasteiger partial charge in [0.25, 0.3) is 0 Å². The molecule has 4 heteroatoms. The zero-order chi connectivity index (χ0) is 9.42. The highest BCUT2D eigenvalue weighted by Crippen LogP contribution is 2.26. The summed E-state index contributed by atoms with van der Waals surface area (Å²) in [6, 6.07) is 1.50. The summed E-state index contributed by atoms with van der Waals surface area (Å²) in [6.07, 6.45) is 0.918. The van der Waals surface area contributed by atoms with E-state index in [4.69, 9.17) is 0 Å². The van der Waals surface area contributed by atoms with Gasteiger partial charge in [-0.2, -0.15) is 0 Å². The van der Waals surface area contributed by atoms with Crippen LogP contribution in [0.4, 0.5) is 10.1 Å². The van der Waals surface area contributed by atoms with E-state index in [1.54, 1.807) is 0 Å². The molecule has 0 saturated heterocycles. The molecule has 0 bridgehead atoms. The summed E-state index contributed by atoms with van der Waals surface area (Å²) < 4.78 is 13.4. The summed E-state index contributed by atoms with van der Waals surface area (Å²) in [5, 5.41) is 3.16. The Morgan fingerprint density at radius 1 is 1.69 bits per heavy atom. The van der Waals surface area contributed by atoms with Crippen LogP contribution in [0.15, 0.2) is 10.7 Å². The number of pyridine rings is 1. The average molecular weight is 245 g/mol. The largest absolute Gasteiger partial charge is 0.383 e. The van der Waals surface area contributed by atoms with Crippen molar-refractivity contribution in [3.63, 3.8) is 0 Å². The molecular formula is C9H10BrFN2. The molecule has 0 radical (unpaired) electrons. The third kappa shape index (κ3) is 1.68. The van der Waals surface area contributed by atoms with E-state index in [0.717, 1.165) is 24.3 Å². The van der Waals surface area contributed by atoms with Gasteiger partial charge in [-0.1, -0.05) is 6.92 Å². The Balaban J connectivity index is 2.43. The Morgan fingerprint density at radius 3 is 3.23 bits per heavy atom. The molecule has 0 aliphatic carbocycles. The number of nitrogens with zero attached hydrogens (tertiary/aromatic N) is 1. The van der Waals surface area contributed by atoms with Gasteiger partial charge in [0.2, 0.25) is 0 Å². The lowest BCUT2D eigenvalue weighted by Gasteiger charge is -2.22.